The average Bonchev–Trinajstić information content (AvgIpc) is 3.37. The summed E-state index contributed by atoms with van der Waals surface area (Å²) in [4.78, 5) is 17.3. The van der Waals surface area contributed by atoms with Crippen LogP contribution in [0.15, 0.2) is 18.2 Å². The van der Waals surface area contributed by atoms with Gasteiger partial charge in [0.15, 0.2) is 0 Å². The Hall–Kier alpha value is -2.17. The van der Waals surface area contributed by atoms with Crippen LogP contribution in [0.1, 0.15) is 45.6 Å². The minimum Gasteiger partial charge on any atom is -0.369 e. The minimum absolute atomic E-state index is 0.132. The van der Waals surface area contributed by atoms with Crippen molar-refractivity contribution in [2.24, 2.45) is 5.92 Å². The monoisotopic (exact) mass is 427 g/mol. The lowest BCUT2D eigenvalue weighted by Crippen LogP contribution is -2.53. The van der Waals surface area contributed by atoms with Crippen molar-refractivity contribution in [1.82, 2.24) is 15.5 Å². The molecular weight excluding hydrogens is 393 g/mol. The number of piperidine rings is 1. The molecule has 0 spiro atoms. The number of nitrogens with zero attached hydrogens (tertiary/aromatic N) is 3. The smallest absolute Gasteiger partial charge is 0.238 e. The fourth-order valence-corrected chi connectivity index (χ4v) is 5.29. The van der Waals surface area contributed by atoms with Crippen LogP contribution >= 0.6 is 0 Å². The van der Waals surface area contributed by atoms with Crippen molar-refractivity contribution in [1.29, 1.82) is 5.26 Å². The first-order valence-electron chi connectivity index (χ1n) is 11.5. The van der Waals surface area contributed by atoms with E-state index in [0.29, 0.717) is 17.5 Å². The molecule has 2 saturated heterocycles. The molecule has 1 aromatic carbocycles. The highest BCUT2D eigenvalue weighted by Gasteiger charge is 2.43. The number of nitrogens with one attached hydrogen (secondary N) is 2. The molecule has 4 atom stereocenters. The van der Waals surface area contributed by atoms with Gasteiger partial charge in [0.05, 0.1) is 12.1 Å². The summed E-state index contributed by atoms with van der Waals surface area (Å²) in [7, 11) is 0. The predicted octanol–water partition coefficient (Wildman–Crippen LogP) is 2.44. The summed E-state index contributed by atoms with van der Waals surface area (Å²) >= 11 is 0. The van der Waals surface area contributed by atoms with E-state index in [1.807, 2.05) is 6.07 Å². The highest BCUT2D eigenvalue weighted by atomic mass is 19.1. The van der Waals surface area contributed by atoms with Gasteiger partial charge in [-0.3, -0.25) is 9.69 Å². The molecule has 2 heterocycles. The van der Waals surface area contributed by atoms with E-state index in [-0.39, 0.29) is 29.7 Å². The summed E-state index contributed by atoms with van der Waals surface area (Å²) in [6.45, 7) is 10.3. The van der Waals surface area contributed by atoms with E-state index in [1.165, 1.54) is 0 Å². The van der Waals surface area contributed by atoms with Crippen LogP contribution in [0.3, 0.4) is 0 Å². The molecule has 3 fully saturated rings. The number of piperazine rings is 1. The average molecular weight is 428 g/mol. The SMILES string of the molecule is CC(C)(C)N1CCN(c2ccc(C[C@@H](C#N)NC(=O)[C@H]3N[C@@H]4CC[C@H]3C4)c(F)c2)CC1. The Bertz CT molecular complexity index is 853. The molecular formula is C24H34FN5O. The molecule has 3 aliphatic rings. The van der Waals surface area contributed by atoms with Gasteiger partial charge in [-0.25, -0.2) is 4.39 Å². The quantitative estimate of drug-likeness (QED) is 0.755. The van der Waals surface area contributed by atoms with Crippen LogP contribution in [0.25, 0.3) is 0 Å². The van der Waals surface area contributed by atoms with Crippen LogP contribution in [0.4, 0.5) is 10.1 Å². The van der Waals surface area contributed by atoms with Crippen LogP contribution < -0.4 is 15.5 Å². The van der Waals surface area contributed by atoms with Gasteiger partial charge in [-0.1, -0.05) is 6.07 Å². The second-order valence-electron chi connectivity index (χ2n) is 10.2. The molecule has 168 valence electrons. The van der Waals surface area contributed by atoms with Crippen LogP contribution in [0.2, 0.25) is 0 Å². The first kappa shape index (κ1) is 22.0. The van der Waals surface area contributed by atoms with Crippen molar-refractivity contribution in [3.8, 4) is 6.07 Å². The number of fused-ring (bicyclic) bond motifs is 2. The standard InChI is InChI=1S/C24H34FN5O/c1-24(2,3)30-10-8-29(9-11-30)20-7-5-16(21(25)14-20)12-19(15-26)28-23(31)22-17-4-6-18(13-17)27-22/h5,7,14,17-19,22,27H,4,6,8-13H2,1-3H3,(H,28,31)/t17-,18+,19-,22-/m0/s1. The number of hydrogen-bond acceptors (Lipinski definition) is 5. The Kier molecular flexibility index (Phi) is 6.23. The van der Waals surface area contributed by atoms with Crippen molar-refractivity contribution in [3.05, 3.63) is 29.6 Å². The second-order valence-corrected chi connectivity index (χ2v) is 10.2. The Balaban J connectivity index is 1.34. The summed E-state index contributed by atoms with van der Waals surface area (Å²) in [5, 5.41) is 15.7. The maximum Gasteiger partial charge on any atom is 0.238 e. The summed E-state index contributed by atoms with van der Waals surface area (Å²) in [5.74, 6) is -0.0880. The van der Waals surface area contributed by atoms with Crippen LogP contribution in [0, 0.1) is 23.1 Å². The van der Waals surface area contributed by atoms with Crippen molar-refractivity contribution in [3.63, 3.8) is 0 Å². The molecule has 0 radical (unpaired) electrons. The van der Waals surface area contributed by atoms with E-state index in [9.17, 15) is 14.4 Å². The molecule has 1 amide bonds. The van der Waals surface area contributed by atoms with Crippen molar-refractivity contribution < 1.29 is 9.18 Å². The first-order valence-corrected chi connectivity index (χ1v) is 11.5. The number of halogens is 1. The zero-order valence-electron chi connectivity index (χ0n) is 18.8. The maximum absolute atomic E-state index is 14.9. The van der Waals surface area contributed by atoms with Crippen LogP contribution in [-0.2, 0) is 11.2 Å². The van der Waals surface area contributed by atoms with Crippen molar-refractivity contribution in [2.45, 2.75) is 70.1 Å². The summed E-state index contributed by atoms with van der Waals surface area (Å²) in [6.07, 6.45) is 3.40. The highest BCUT2D eigenvalue weighted by Crippen LogP contribution is 2.35. The Morgan fingerprint density at radius 3 is 2.58 bits per heavy atom. The van der Waals surface area contributed by atoms with Crippen LogP contribution in [-0.4, -0.2) is 60.7 Å². The predicted molar refractivity (Wildman–Crippen MR) is 119 cm³/mol. The van der Waals surface area contributed by atoms with Gasteiger partial charge in [0, 0.05) is 49.9 Å². The molecule has 31 heavy (non-hydrogen) atoms. The van der Waals surface area contributed by atoms with E-state index >= 15 is 0 Å². The Labute approximate surface area is 184 Å². The van der Waals surface area contributed by atoms with Gasteiger partial charge in [0.2, 0.25) is 5.91 Å². The second kappa shape index (κ2) is 8.76. The molecule has 0 unspecified atom stereocenters. The Morgan fingerprint density at radius 2 is 2.03 bits per heavy atom. The van der Waals surface area contributed by atoms with E-state index < -0.39 is 6.04 Å². The largest absolute Gasteiger partial charge is 0.369 e. The number of amides is 1. The lowest BCUT2D eigenvalue weighted by molar-refractivity contribution is -0.124. The normalized spacial score (nSPS) is 27.2. The fourth-order valence-electron chi connectivity index (χ4n) is 5.29. The molecule has 1 aliphatic carbocycles. The first-order chi connectivity index (χ1) is 14.7. The summed E-state index contributed by atoms with van der Waals surface area (Å²) < 4.78 is 14.9. The van der Waals surface area contributed by atoms with Crippen molar-refractivity contribution >= 4 is 11.6 Å². The molecule has 1 saturated carbocycles. The third-order valence-electron chi connectivity index (χ3n) is 7.17. The highest BCUT2D eigenvalue weighted by molar-refractivity contribution is 5.83. The molecule has 2 bridgehead atoms. The third-order valence-corrected chi connectivity index (χ3v) is 7.17. The molecule has 1 aromatic rings. The zero-order chi connectivity index (χ0) is 22.2. The Morgan fingerprint density at radius 1 is 1.29 bits per heavy atom. The molecule has 0 aromatic heterocycles. The van der Waals surface area contributed by atoms with Gasteiger partial charge < -0.3 is 15.5 Å². The number of carbonyl (C=O) groups is 1. The van der Waals surface area contributed by atoms with E-state index in [1.54, 1.807) is 12.1 Å². The topological polar surface area (TPSA) is 71.4 Å². The van der Waals surface area contributed by atoms with Gasteiger partial charge in [-0.2, -0.15) is 5.26 Å². The lowest BCUT2D eigenvalue weighted by Gasteiger charge is -2.43. The third kappa shape index (κ3) is 4.86. The molecule has 2 aliphatic heterocycles. The molecule has 4 rings (SSSR count). The van der Waals surface area contributed by atoms with Gasteiger partial charge in [-0.05, 0) is 63.6 Å². The number of anilines is 1. The van der Waals surface area contributed by atoms with Gasteiger partial charge in [0.25, 0.3) is 0 Å². The van der Waals surface area contributed by atoms with Crippen molar-refractivity contribution in [2.75, 3.05) is 31.1 Å². The van der Waals surface area contributed by atoms with Gasteiger partial charge in [-0.15, -0.1) is 0 Å². The molecule has 6 nitrogen and oxygen atoms in total. The maximum atomic E-state index is 14.9. The summed E-state index contributed by atoms with van der Waals surface area (Å²) in [6, 6.07) is 6.86. The number of carbonyl (C=O) groups excluding carboxylic acids is 1. The van der Waals surface area contributed by atoms with E-state index in [0.717, 1.165) is 51.1 Å². The van der Waals surface area contributed by atoms with Gasteiger partial charge in [0.1, 0.15) is 11.9 Å². The fraction of sp³-hybridized carbons (Fsp3) is 0.667. The zero-order valence-corrected chi connectivity index (χ0v) is 18.8. The van der Waals surface area contributed by atoms with Gasteiger partial charge >= 0.3 is 0 Å². The van der Waals surface area contributed by atoms with E-state index in [2.05, 4.69) is 47.3 Å². The minimum atomic E-state index is -0.732. The lowest BCUT2D eigenvalue weighted by atomic mass is 9.98. The number of nitriles is 1. The number of rotatable bonds is 5. The summed E-state index contributed by atoms with van der Waals surface area (Å²) in [5.41, 5.74) is 1.48. The number of benzene rings is 1. The van der Waals surface area contributed by atoms with E-state index in [4.69, 9.17) is 0 Å². The van der Waals surface area contributed by atoms with Crippen LogP contribution in [0.5, 0.6) is 0 Å². The molecule has 7 heteroatoms. The number of hydrogen-bond donors (Lipinski definition) is 2. The molecule has 2 N–H and O–H groups in total.